The van der Waals surface area contributed by atoms with Crippen molar-refractivity contribution in [1.82, 2.24) is 0 Å². The second-order valence-corrected chi connectivity index (χ2v) is 4.73. The van der Waals surface area contributed by atoms with Crippen molar-refractivity contribution in [2.75, 3.05) is 19.8 Å². The molecule has 0 aliphatic carbocycles. The molecule has 1 unspecified atom stereocenters. The van der Waals surface area contributed by atoms with Crippen LogP contribution >= 0.6 is 0 Å². The van der Waals surface area contributed by atoms with Gasteiger partial charge in [0.2, 0.25) is 0 Å². The Morgan fingerprint density at radius 1 is 1.21 bits per heavy atom. The third kappa shape index (κ3) is 5.39. The maximum absolute atomic E-state index is 9.26. The first-order valence-electron chi connectivity index (χ1n) is 6.53. The van der Waals surface area contributed by atoms with E-state index in [1.807, 2.05) is 44.2 Å². The molecule has 1 aromatic rings. The lowest BCUT2D eigenvalue weighted by Gasteiger charge is -2.21. The average Bonchev–Trinajstić information content (AvgIpc) is 2.43. The zero-order chi connectivity index (χ0) is 14.1. The van der Waals surface area contributed by atoms with Crippen LogP contribution < -0.4 is 5.73 Å². The van der Waals surface area contributed by atoms with Crippen molar-refractivity contribution in [3.05, 3.63) is 35.9 Å². The summed E-state index contributed by atoms with van der Waals surface area (Å²) in [4.78, 5) is 0. The Morgan fingerprint density at radius 2 is 1.89 bits per heavy atom. The Hall–Kier alpha value is -1.41. The van der Waals surface area contributed by atoms with Gasteiger partial charge in [-0.15, -0.1) is 0 Å². The van der Waals surface area contributed by atoms with Gasteiger partial charge in [-0.1, -0.05) is 30.3 Å². The highest BCUT2D eigenvalue weighted by Crippen LogP contribution is 2.21. The molecule has 0 aliphatic heterocycles. The van der Waals surface area contributed by atoms with Crippen molar-refractivity contribution in [2.24, 2.45) is 5.73 Å². The molecule has 104 valence electrons. The van der Waals surface area contributed by atoms with E-state index in [9.17, 15) is 5.26 Å². The molecule has 1 rings (SSSR count). The molecule has 0 heterocycles. The molecule has 4 nitrogen and oxygen atoms in total. The summed E-state index contributed by atoms with van der Waals surface area (Å²) in [6, 6.07) is 11.6. The predicted octanol–water partition coefficient (Wildman–Crippen LogP) is 2.20. The van der Waals surface area contributed by atoms with Crippen LogP contribution in [-0.4, -0.2) is 25.9 Å². The monoisotopic (exact) mass is 262 g/mol. The molecular weight excluding hydrogens is 240 g/mol. The number of hydrogen-bond donors (Lipinski definition) is 1. The van der Waals surface area contributed by atoms with Gasteiger partial charge in [-0.3, -0.25) is 0 Å². The van der Waals surface area contributed by atoms with Gasteiger partial charge in [-0.2, -0.15) is 5.26 Å². The number of ether oxygens (including phenoxy) is 2. The summed E-state index contributed by atoms with van der Waals surface area (Å²) >= 11 is 0. The predicted molar refractivity (Wildman–Crippen MR) is 74.4 cm³/mol. The van der Waals surface area contributed by atoms with Crippen LogP contribution in [0.4, 0.5) is 0 Å². The summed E-state index contributed by atoms with van der Waals surface area (Å²) in [5.41, 5.74) is 5.94. The minimum Gasteiger partial charge on any atom is -0.379 e. The minimum atomic E-state index is -0.986. The zero-order valence-electron chi connectivity index (χ0n) is 11.6. The molecule has 0 spiro atoms. The fraction of sp³-hybridized carbons (Fsp3) is 0.533. The first kappa shape index (κ1) is 15.6. The van der Waals surface area contributed by atoms with E-state index >= 15 is 0 Å². The summed E-state index contributed by atoms with van der Waals surface area (Å²) in [5.74, 6) is 0. The number of benzene rings is 1. The summed E-state index contributed by atoms with van der Waals surface area (Å²) in [6.45, 7) is 5.49. The van der Waals surface area contributed by atoms with Crippen LogP contribution in [0.1, 0.15) is 25.8 Å². The first-order chi connectivity index (χ1) is 9.08. The van der Waals surface area contributed by atoms with Gasteiger partial charge in [0, 0.05) is 13.0 Å². The van der Waals surface area contributed by atoms with Gasteiger partial charge in [-0.25, -0.2) is 0 Å². The van der Waals surface area contributed by atoms with Gasteiger partial charge in [0.25, 0.3) is 0 Å². The van der Waals surface area contributed by atoms with E-state index in [2.05, 4.69) is 6.07 Å². The van der Waals surface area contributed by atoms with E-state index < -0.39 is 5.54 Å². The standard InChI is InChI=1S/C15H22N2O2/c1-13(2)19-11-10-18-9-8-15(17,12-16)14-6-4-3-5-7-14/h3-7,13H,8-11,17H2,1-2H3. The molecule has 1 atom stereocenters. The van der Waals surface area contributed by atoms with E-state index in [0.29, 0.717) is 26.2 Å². The number of nitriles is 1. The van der Waals surface area contributed by atoms with Crippen LogP contribution in [0, 0.1) is 11.3 Å². The molecule has 0 aliphatic rings. The first-order valence-corrected chi connectivity index (χ1v) is 6.53. The third-order valence-electron chi connectivity index (χ3n) is 2.81. The van der Waals surface area contributed by atoms with Crippen LogP contribution in [0.3, 0.4) is 0 Å². The second-order valence-electron chi connectivity index (χ2n) is 4.73. The lowest BCUT2D eigenvalue weighted by molar-refractivity contribution is 0.0166. The molecule has 0 saturated heterocycles. The van der Waals surface area contributed by atoms with Gasteiger partial charge in [0.05, 0.1) is 25.4 Å². The van der Waals surface area contributed by atoms with Crippen LogP contribution in [0.15, 0.2) is 30.3 Å². The van der Waals surface area contributed by atoms with Crippen molar-refractivity contribution in [2.45, 2.75) is 31.9 Å². The van der Waals surface area contributed by atoms with Crippen molar-refractivity contribution in [3.8, 4) is 6.07 Å². The molecule has 19 heavy (non-hydrogen) atoms. The topological polar surface area (TPSA) is 68.3 Å². The van der Waals surface area contributed by atoms with Gasteiger partial charge in [-0.05, 0) is 19.4 Å². The van der Waals surface area contributed by atoms with E-state index in [0.717, 1.165) is 5.56 Å². The van der Waals surface area contributed by atoms with Gasteiger partial charge in [0.15, 0.2) is 0 Å². The summed E-state index contributed by atoms with van der Waals surface area (Å²) in [7, 11) is 0. The Balaban J connectivity index is 2.36. The van der Waals surface area contributed by atoms with Gasteiger partial charge < -0.3 is 15.2 Å². The molecule has 0 aromatic heterocycles. The van der Waals surface area contributed by atoms with Crippen molar-refractivity contribution in [3.63, 3.8) is 0 Å². The molecule has 2 N–H and O–H groups in total. The molecule has 4 heteroatoms. The molecule has 1 aromatic carbocycles. The van der Waals surface area contributed by atoms with Gasteiger partial charge >= 0.3 is 0 Å². The Bertz CT molecular complexity index is 400. The summed E-state index contributed by atoms with van der Waals surface area (Å²) in [5, 5.41) is 9.26. The van der Waals surface area contributed by atoms with Gasteiger partial charge in [0.1, 0.15) is 5.54 Å². The highest BCUT2D eigenvalue weighted by Gasteiger charge is 2.26. The van der Waals surface area contributed by atoms with Crippen LogP contribution in [0.5, 0.6) is 0 Å². The van der Waals surface area contributed by atoms with Crippen molar-refractivity contribution >= 4 is 0 Å². The van der Waals surface area contributed by atoms with E-state index in [4.69, 9.17) is 15.2 Å². The SMILES string of the molecule is CC(C)OCCOCCC(N)(C#N)c1ccccc1. The fourth-order valence-electron chi connectivity index (χ4n) is 1.68. The summed E-state index contributed by atoms with van der Waals surface area (Å²) in [6.07, 6.45) is 0.676. The largest absolute Gasteiger partial charge is 0.379 e. The molecular formula is C15H22N2O2. The fourth-order valence-corrected chi connectivity index (χ4v) is 1.68. The average molecular weight is 262 g/mol. The van der Waals surface area contributed by atoms with E-state index in [1.54, 1.807) is 0 Å². The van der Waals surface area contributed by atoms with Crippen LogP contribution in [0.2, 0.25) is 0 Å². The lowest BCUT2D eigenvalue weighted by Crippen LogP contribution is -2.36. The Kier molecular flexibility index (Phi) is 6.51. The quantitative estimate of drug-likeness (QED) is 0.729. The van der Waals surface area contributed by atoms with Crippen molar-refractivity contribution < 1.29 is 9.47 Å². The Labute approximate surface area is 115 Å². The maximum Gasteiger partial charge on any atom is 0.132 e. The van der Waals surface area contributed by atoms with Crippen LogP contribution in [0.25, 0.3) is 0 Å². The molecule has 0 radical (unpaired) electrons. The van der Waals surface area contributed by atoms with E-state index in [1.165, 1.54) is 0 Å². The Morgan fingerprint density at radius 3 is 2.47 bits per heavy atom. The van der Waals surface area contributed by atoms with E-state index in [-0.39, 0.29) is 6.10 Å². The number of nitrogens with two attached hydrogens (primary N) is 1. The third-order valence-corrected chi connectivity index (χ3v) is 2.81. The highest BCUT2D eigenvalue weighted by molar-refractivity contribution is 5.30. The van der Waals surface area contributed by atoms with Crippen LogP contribution in [-0.2, 0) is 15.0 Å². The number of rotatable bonds is 8. The molecule has 0 bridgehead atoms. The normalized spacial score (nSPS) is 14.1. The lowest BCUT2D eigenvalue weighted by atomic mass is 9.89. The minimum absolute atomic E-state index is 0.209. The molecule has 0 fully saturated rings. The molecule has 0 amide bonds. The second kappa shape index (κ2) is 7.90. The highest BCUT2D eigenvalue weighted by atomic mass is 16.5. The van der Waals surface area contributed by atoms with Crippen molar-refractivity contribution in [1.29, 1.82) is 5.26 Å². The zero-order valence-corrected chi connectivity index (χ0v) is 11.6. The summed E-state index contributed by atoms with van der Waals surface area (Å²) < 4.78 is 10.8. The smallest absolute Gasteiger partial charge is 0.132 e. The maximum atomic E-state index is 9.26. The molecule has 0 saturated carbocycles. The number of nitrogens with zero attached hydrogens (tertiary/aromatic N) is 1. The number of hydrogen-bond acceptors (Lipinski definition) is 4.